The van der Waals surface area contributed by atoms with E-state index in [1.54, 1.807) is 41.2 Å². The highest BCUT2D eigenvalue weighted by Crippen LogP contribution is 2.27. The standard InChI is InChI=1S/C22H23N5O3/c1-26-18(11-20(25-26)15-4-3-9-23-12-15)13-24-22(29)16-10-21(28)27(14-16)17-5-7-19(30-2)8-6-17/h3-9,11-12,16H,10,13-14H2,1-2H3,(H,24,29)/t16-/m0/s1. The van der Waals surface area contributed by atoms with Gasteiger partial charge in [-0.05, 0) is 42.5 Å². The molecule has 1 aliphatic heterocycles. The lowest BCUT2D eigenvalue weighted by atomic mass is 10.1. The number of hydrogen-bond acceptors (Lipinski definition) is 5. The average Bonchev–Trinajstić information content (AvgIpc) is 3.35. The molecule has 4 rings (SSSR count). The molecule has 1 saturated heterocycles. The lowest BCUT2D eigenvalue weighted by Crippen LogP contribution is -2.33. The fourth-order valence-corrected chi connectivity index (χ4v) is 3.54. The Morgan fingerprint density at radius 1 is 1.27 bits per heavy atom. The van der Waals surface area contributed by atoms with Gasteiger partial charge in [0.1, 0.15) is 5.75 Å². The summed E-state index contributed by atoms with van der Waals surface area (Å²) in [6.45, 7) is 0.707. The molecule has 8 nitrogen and oxygen atoms in total. The van der Waals surface area contributed by atoms with Gasteiger partial charge in [-0.25, -0.2) is 0 Å². The number of hydrogen-bond donors (Lipinski definition) is 1. The molecule has 8 heteroatoms. The molecule has 154 valence electrons. The van der Waals surface area contributed by atoms with E-state index in [1.165, 1.54) is 0 Å². The minimum atomic E-state index is -0.384. The number of anilines is 1. The summed E-state index contributed by atoms with van der Waals surface area (Å²) in [6, 6.07) is 13.0. The maximum atomic E-state index is 12.7. The first kappa shape index (κ1) is 19.6. The molecular formula is C22H23N5O3. The number of carbonyl (C=O) groups is 2. The third-order valence-corrected chi connectivity index (χ3v) is 5.26. The lowest BCUT2D eigenvalue weighted by Gasteiger charge is -2.17. The molecule has 0 bridgehead atoms. The van der Waals surface area contributed by atoms with Gasteiger partial charge in [-0.2, -0.15) is 5.10 Å². The van der Waals surface area contributed by atoms with Gasteiger partial charge in [-0.15, -0.1) is 0 Å². The van der Waals surface area contributed by atoms with Crippen molar-refractivity contribution in [2.75, 3.05) is 18.6 Å². The molecule has 0 aliphatic carbocycles. The van der Waals surface area contributed by atoms with Crippen molar-refractivity contribution < 1.29 is 14.3 Å². The van der Waals surface area contributed by atoms with Crippen LogP contribution in [0.3, 0.4) is 0 Å². The first-order valence-corrected chi connectivity index (χ1v) is 9.70. The molecule has 0 radical (unpaired) electrons. The zero-order chi connectivity index (χ0) is 21.1. The zero-order valence-electron chi connectivity index (χ0n) is 16.9. The number of nitrogens with zero attached hydrogens (tertiary/aromatic N) is 4. The highest BCUT2D eigenvalue weighted by molar-refractivity contribution is 6.00. The van der Waals surface area contributed by atoms with Crippen LogP contribution in [0.4, 0.5) is 5.69 Å². The summed E-state index contributed by atoms with van der Waals surface area (Å²) in [5, 5.41) is 7.43. The van der Waals surface area contributed by atoms with E-state index in [0.29, 0.717) is 13.1 Å². The van der Waals surface area contributed by atoms with Gasteiger partial charge in [0.25, 0.3) is 0 Å². The largest absolute Gasteiger partial charge is 0.497 e. The van der Waals surface area contributed by atoms with Crippen LogP contribution >= 0.6 is 0 Å². The van der Waals surface area contributed by atoms with Gasteiger partial charge in [-0.3, -0.25) is 19.3 Å². The fraction of sp³-hybridized carbons (Fsp3) is 0.273. The fourth-order valence-electron chi connectivity index (χ4n) is 3.54. The van der Waals surface area contributed by atoms with Crippen LogP contribution < -0.4 is 15.0 Å². The molecule has 0 unspecified atom stereocenters. The molecule has 1 fully saturated rings. The van der Waals surface area contributed by atoms with Gasteiger partial charge in [0.05, 0.1) is 31.0 Å². The van der Waals surface area contributed by atoms with Crippen LogP contribution in [-0.2, 0) is 23.2 Å². The number of amides is 2. The number of benzene rings is 1. The molecule has 2 aromatic heterocycles. The van der Waals surface area contributed by atoms with Crippen LogP contribution in [0.15, 0.2) is 54.9 Å². The minimum Gasteiger partial charge on any atom is -0.497 e. The molecule has 3 aromatic rings. The number of ether oxygens (including phenoxy) is 1. The summed E-state index contributed by atoms with van der Waals surface area (Å²) < 4.78 is 6.90. The highest BCUT2D eigenvalue weighted by Gasteiger charge is 2.35. The molecule has 2 amide bonds. The van der Waals surface area contributed by atoms with E-state index in [1.807, 2.05) is 37.4 Å². The van der Waals surface area contributed by atoms with Crippen molar-refractivity contribution in [1.82, 2.24) is 20.1 Å². The first-order chi connectivity index (χ1) is 14.5. The van der Waals surface area contributed by atoms with E-state index >= 15 is 0 Å². The van der Waals surface area contributed by atoms with E-state index in [2.05, 4.69) is 15.4 Å². The number of aryl methyl sites for hydroxylation is 1. The maximum Gasteiger partial charge on any atom is 0.227 e. The van der Waals surface area contributed by atoms with Crippen LogP contribution in [0.25, 0.3) is 11.3 Å². The Morgan fingerprint density at radius 2 is 2.07 bits per heavy atom. The summed E-state index contributed by atoms with van der Waals surface area (Å²) in [7, 11) is 3.43. The number of rotatable bonds is 6. The van der Waals surface area contributed by atoms with Crippen molar-refractivity contribution in [3.8, 4) is 17.0 Å². The Kier molecular flexibility index (Phi) is 5.47. The summed E-state index contributed by atoms with van der Waals surface area (Å²) in [6.07, 6.45) is 3.67. The highest BCUT2D eigenvalue weighted by atomic mass is 16.5. The van der Waals surface area contributed by atoms with E-state index in [-0.39, 0.29) is 24.2 Å². The molecule has 1 atom stereocenters. The zero-order valence-corrected chi connectivity index (χ0v) is 16.9. The van der Waals surface area contributed by atoms with Crippen LogP contribution in [0.5, 0.6) is 5.75 Å². The molecule has 1 aromatic carbocycles. The predicted octanol–water partition coefficient (Wildman–Crippen LogP) is 2.16. The Bertz CT molecular complexity index is 1050. The topological polar surface area (TPSA) is 89.3 Å². The van der Waals surface area contributed by atoms with Gasteiger partial charge in [-0.1, -0.05) is 0 Å². The van der Waals surface area contributed by atoms with Crippen LogP contribution in [0, 0.1) is 5.92 Å². The number of pyridine rings is 1. The molecule has 0 spiro atoms. The van der Waals surface area contributed by atoms with Crippen LogP contribution in [0.2, 0.25) is 0 Å². The molecular weight excluding hydrogens is 382 g/mol. The van der Waals surface area contributed by atoms with Crippen LogP contribution in [0.1, 0.15) is 12.1 Å². The Balaban J connectivity index is 1.38. The monoisotopic (exact) mass is 405 g/mol. The predicted molar refractivity (Wildman–Crippen MR) is 112 cm³/mol. The van der Waals surface area contributed by atoms with Crippen LogP contribution in [-0.4, -0.2) is 40.2 Å². The Labute approximate surface area is 174 Å². The summed E-state index contributed by atoms with van der Waals surface area (Å²) >= 11 is 0. The summed E-state index contributed by atoms with van der Waals surface area (Å²) in [4.78, 5) is 30.9. The van der Waals surface area contributed by atoms with Gasteiger partial charge in [0, 0.05) is 43.7 Å². The van der Waals surface area contributed by atoms with E-state index in [9.17, 15) is 9.59 Å². The van der Waals surface area contributed by atoms with Gasteiger partial charge in [0.15, 0.2) is 0 Å². The summed E-state index contributed by atoms with van der Waals surface area (Å²) in [5.74, 6) is 0.148. The Morgan fingerprint density at radius 3 is 2.77 bits per heavy atom. The molecule has 1 N–H and O–H groups in total. The number of methoxy groups -OCH3 is 1. The normalized spacial score (nSPS) is 16.0. The smallest absolute Gasteiger partial charge is 0.227 e. The minimum absolute atomic E-state index is 0.0558. The van der Waals surface area contributed by atoms with Gasteiger partial charge >= 0.3 is 0 Å². The lowest BCUT2D eigenvalue weighted by molar-refractivity contribution is -0.126. The van der Waals surface area contributed by atoms with Crippen molar-refractivity contribution in [1.29, 1.82) is 0 Å². The molecule has 1 aliphatic rings. The Hall–Kier alpha value is -3.68. The van der Waals surface area contributed by atoms with E-state index < -0.39 is 0 Å². The molecule has 0 saturated carbocycles. The second-order valence-electron chi connectivity index (χ2n) is 7.21. The summed E-state index contributed by atoms with van der Waals surface area (Å²) in [5.41, 5.74) is 3.36. The van der Waals surface area contributed by atoms with Crippen molar-refractivity contribution in [2.24, 2.45) is 13.0 Å². The third-order valence-electron chi connectivity index (χ3n) is 5.26. The van der Waals surface area contributed by atoms with Crippen molar-refractivity contribution in [2.45, 2.75) is 13.0 Å². The second-order valence-corrected chi connectivity index (χ2v) is 7.21. The van der Waals surface area contributed by atoms with E-state index in [0.717, 1.165) is 28.4 Å². The third kappa shape index (κ3) is 4.03. The molecule has 30 heavy (non-hydrogen) atoms. The van der Waals surface area contributed by atoms with Gasteiger partial charge < -0.3 is 15.0 Å². The maximum absolute atomic E-state index is 12.7. The number of carbonyl (C=O) groups excluding carboxylic acids is 2. The quantitative estimate of drug-likeness (QED) is 0.679. The van der Waals surface area contributed by atoms with Crippen molar-refractivity contribution in [3.63, 3.8) is 0 Å². The van der Waals surface area contributed by atoms with Crippen molar-refractivity contribution >= 4 is 17.5 Å². The second kappa shape index (κ2) is 8.36. The van der Waals surface area contributed by atoms with E-state index in [4.69, 9.17) is 4.74 Å². The molecule has 3 heterocycles. The number of aromatic nitrogens is 3. The SMILES string of the molecule is COc1ccc(N2C[C@@H](C(=O)NCc3cc(-c4cccnc4)nn3C)CC2=O)cc1. The number of nitrogens with one attached hydrogen (secondary N) is 1. The average molecular weight is 405 g/mol. The van der Waals surface area contributed by atoms with Crippen molar-refractivity contribution in [3.05, 3.63) is 60.6 Å². The first-order valence-electron chi connectivity index (χ1n) is 9.70. The van der Waals surface area contributed by atoms with Gasteiger partial charge in [0.2, 0.25) is 11.8 Å².